The van der Waals surface area contributed by atoms with Gasteiger partial charge in [0, 0.05) is 44.5 Å². The van der Waals surface area contributed by atoms with Crippen LogP contribution in [0.3, 0.4) is 0 Å². The molecule has 1 aromatic heterocycles. The number of hydrogen-bond donors (Lipinski definition) is 2. The van der Waals surface area contributed by atoms with Crippen LogP contribution in [0.2, 0.25) is 0 Å². The van der Waals surface area contributed by atoms with Crippen molar-refractivity contribution in [1.29, 1.82) is 0 Å². The Balaban J connectivity index is 1.05. The quantitative estimate of drug-likeness (QED) is 0.207. The highest BCUT2D eigenvalue weighted by molar-refractivity contribution is 5.55. The zero-order chi connectivity index (χ0) is 30.1. The minimum Gasteiger partial charge on any atom is -0.383 e. The molecule has 2 aromatic carbocycles. The summed E-state index contributed by atoms with van der Waals surface area (Å²) in [7, 11) is 0. The SMILES string of the molecule is Nc1cc(N2CCN(c3cccc(C(F)(F)F)c3)CC2)nc(NCc2ccc(CCCCCCC3CCCCC3)cc2)n1. The number of halogens is 3. The Morgan fingerprint density at radius 1 is 0.791 bits per heavy atom. The molecule has 2 heterocycles. The normalized spacial score (nSPS) is 16.4. The Bertz CT molecular complexity index is 1280. The molecule has 3 N–H and O–H groups in total. The first-order chi connectivity index (χ1) is 20.8. The van der Waals surface area contributed by atoms with E-state index in [2.05, 4.69) is 44.5 Å². The summed E-state index contributed by atoms with van der Waals surface area (Å²) in [4.78, 5) is 13.1. The number of nitrogen functional groups attached to an aromatic ring is 1. The van der Waals surface area contributed by atoms with Crippen molar-refractivity contribution in [3.8, 4) is 0 Å². The molecule has 0 spiro atoms. The number of rotatable bonds is 12. The molecular weight excluding hydrogens is 549 g/mol. The third-order valence-corrected chi connectivity index (χ3v) is 8.90. The molecule has 1 aliphatic carbocycles. The Morgan fingerprint density at radius 3 is 2.23 bits per heavy atom. The lowest BCUT2D eigenvalue weighted by molar-refractivity contribution is -0.137. The predicted octanol–water partition coefficient (Wildman–Crippen LogP) is 8.09. The zero-order valence-corrected chi connectivity index (χ0v) is 25.1. The number of nitrogens with two attached hydrogens (primary N) is 1. The van der Waals surface area contributed by atoms with Crippen LogP contribution < -0.4 is 20.9 Å². The third kappa shape index (κ3) is 9.25. The Labute approximate surface area is 253 Å². The first-order valence-electron chi connectivity index (χ1n) is 16.0. The monoisotopic (exact) mass is 594 g/mol. The van der Waals surface area contributed by atoms with Gasteiger partial charge in [-0.2, -0.15) is 23.1 Å². The smallest absolute Gasteiger partial charge is 0.383 e. The number of aromatic nitrogens is 2. The van der Waals surface area contributed by atoms with Crippen molar-refractivity contribution >= 4 is 23.3 Å². The zero-order valence-electron chi connectivity index (χ0n) is 25.1. The van der Waals surface area contributed by atoms with Gasteiger partial charge in [-0.3, -0.25) is 0 Å². The van der Waals surface area contributed by atoms with Crippen LogP contribution in [0.4, 0.5) is 36.4 Å². The number of unbranched alkanes of at least 4 members (excludes halogenated alkanes) is 3. The van der Waals surface area contributed by atoms with E-state index in [9.17, 15) is 13.2 Å². The molecule has 2 aliphatic rings. The molecule has 1 saturated carbocycles. The van der Waals surface area contributed by atoms with E-state index in [1.54, 1.807) is 12.1 Å². The van der Waals surface area contributed by atoms with Gasteiger partial charge >= 0.3 is 6.18 Å². The molecule has 0 amide bonds. The van der Waals surface area contributed by atoms with Crippen LogP contribution in [0, 0.1) is 5.92 Å². The van der Waals surface area contributed by atoms with Crippen LogP contribution in [-0.2, 0) is 19.1 Å². The highest BCUT2D eigenvalue weighted by Gasteiger charge is 2.31. The van der Waals surface area contributed by atoms with Crippen molar-refractivity contribution in [3.63, 3.8) is 0 Å². The minimum absolute atomic E-state index is 0.377. The van der Waals surface area contributed by atoms with Crippen molar-refractivity contribution in [2.75, 3.05) is 47.0 Å². The second-order valence-electron chi connectivity index (χ2n) is 12.1. The summed E-state index contributed by atoms with van der Waals surface area (Å²) < 4.78 is 39.4. The summed E-state index contributed by atoms with van der Waals surface area (Å²) >= 11 is 0. The van der Waals surface area contributed by atoms with E-state index in [0.717, 1.165) is 24.0 Å². The molecule has 43 heavy (non-hydrogen) atoms. The third-order valence-electron chi connectivity index (χ3n) is 8.90. The molecule has 5 rings (SSSR count). The number of benzene rings is 2. The van der Waals surface area contributed by atoms with Gasteiger partial charge in [0.2, 0.25) is 5.95 Å². The van der Waals surface area contributed by atoms with Gasteiger partial charge in [-0.05, 0) is 48.1 Å². The van der Waals surface area contributed by atoms with Gasteiger partial charge in [0.05, 0.1) is 5.56 Å². The Hall–Kier alpha value is -3.49. The molecule has 1 aliphatic heterocycles. The maximum Gasteiger partial charge on any atom is 0.416 e. The molecule has 0 radical (unpaired) electrons. The maximum absolute atomic E-state index is 13.1. The number of aryl methyl sites for hydroxylation is 1. The van der Waals surface area contributed by atoms with Crippen molar-refractivity contribution in [3.05, 3.63) is 71.3 Å². The van der Waals surface area contributed by atoms with Crippen LogP contribution in [0.25, 0.3) is 0 Å². The van der Waals surface area contributed by atoms with Gasteiger partial charge in [-0.15, -0.1) is 0 Å². The fourth-order valence-corrected chi connectivity index (χ4v) is 6.36. The van der Waals surface area contributed by atoms with E-state index in [4.69, 9.17) is 5.73 Å². The second kappa shape index (κ2) is 14.8. The van der Waals surface area contributed by atoms with Gasteiger partial charge in [-0.1, -0.05) is 88.1 Å². The van der Waals surface area contributed by atoms with Gasteiger partial charge in [0.1, 0.15) is 11.6 Å². The molecule has 0 unspecified atom stereocenters. The summed E-state index contributed by atoms with van der Waals surface area (Å²) in [6.45, 7) is 3.00. The molecule has 9 heteroatoms. The van der Waals surface area contributed by atoms with Gasteiger partial charge in [0.15, 0.2) is 0 Å². The predicted molar refractivity (Wildman–Crippen MR) is 169 cm³/mol. The summed E-state index contributed by atoms with van der Waals surface area (Å²) in [5, 5.41) is 3.30. The molecule has 2 fully saturated rings. The van der Waals surface area contributed by atoms with Crippen molar-refractivity contribution in [1.82, 2.24) is 9.97 Å². The number of hydrogen-bond acceptors (Lipinski definition) is 6. The summed E-state index contributed by atoms with van der Waals surface area (Å²) in [5.41, 5.74) is 8.59. The van der Waals surface area contributed by atoms with Crippen LogP contribution in [0.15, 0.2) is 54.6 Å². The molecule has 1 saturated heterocycles. The van der Waals surface area contributed by atoms with E-state index in [-0.39, 0.29) is 0 Å². The maximum atomic E-state index is 13.1. The van der Waals surface area contributed by atoms with Crippen molar-refractivity contribution in [2.45, 2.75) is 83.4 Å². The summed E-state index contributed by atoms with van der Waals surface area (Å²) in [6, 6.07) is 16.0. The first-order valence-corrected chi connectivity index (χ1v) is 16.0. The highest BCUT2D eigenvalue weighted by atomic mass is 19.4. The number of alkyl halides is 3. The number of piperazine rings is 1. The molecular formula is C34H45F3N6. The molecule has 6 nitrogen and oxygen atoms in total. The lowest BCUT2D eigenvalue weighted by Gasteiger charge is -2.37. The van der Waals surface area contributed by atoms with E-state index in [1.807, 2.05) is 4.90 Å². The van der Waals surface area contributed by atoms with Gasteiger partial charge < -0.3 is 20.9 Å². The lowest BCUT2D eigenvalue weighted by Crippen LogP contribution is -2.47. The number of anilines is 4. The lowest BCUT2D eigenvalue weighted by atomic mass is 9.85. The van der Waals surface area contributed by atoms with Crippen LogP contribution in [0.1, 0.15) is 80.9 Å². The van der Waals surface area contributed by atoms with E-state index < -0.39 is 11.7 Å². The standard InChI is InChI=1S/C34H45F3N6/c35-34(36,37)29-13-8-14-30(23-29)42-19-21-43(22-20-42)32-24-31(38)40-33(41-32)39-25-28-17-15-27(16-18-28)12-5-2-1-4-9-26-10-6-3-7-11-26/h8,13-18,23-24,26H,1-7,9-12,19-22,25H2,(H3,38,39,40,41). The van der Waals surface area contributed by atoms with Gasteiger partial charge in [-0.25, -0.2) is 0 Å². The first kappa shape index (κ1) is 31.0. The molecule has 232 valence electrons. The topological polar surface area (TPSA) is 70.3 Å². The summed E-state index contributed by atoms with van der Waals surface area (Å²) in [5.74, 6) is 2.55. The van der Waals surface area contributed by atoms with Crippen LogP contribution in [-0.4, -0.2) is 36.1 Å². The highest BCUT2D eigenvalue weighted by Crippen LogP contribution is 2.32. The molecule has 3 aromatic rings. The van der Waals surface area contributed by atoms with E-state index >= 15 is 0 Å². The average molecular weight is 595 g/mol. The van der Waals surface area contributed by atoms with Crippen LogP contribution in [0.5, 0.6) is 0 Å². The van der Waals surface area contributed by atoms with Crippen molar-refractivity contribution in [2.24, 2.45) is 5.92 Å². The largest absolute Gasteiger partial charge is 0.416 e. The van der Waals surface area contributed by atoms with E-state index in [1.165, 1.54) is 81.9 Å². The fourth-order valence-electron chi connectivity index (χ4n) is 6.36. The van der Waals surface area contributed by atoms with Gasteiger partial charge in [0.25, 0.3) is 0 Å². The van der Waals surface area contributed by atoms with E-state index in [0.29, 0.717) is 56.0 Å². The number of nitrogens with zero attached hydrogens (tertiary/aromatic N) is 4. The Kier molecular flexibility index (Phi) is 10.7. The number of nitrogens with one attached hydrogen (secondary N) is 1. The van der Waals surface area contributed by atoms with Crippen LogP contribution >= 0.6 is 0 Å². The minimum atomic E-state index is -4.35. The molecule has 0 bridgehead atoms. The molecule has 0 atom stereocenters. The average Bonchev–Trinajstić information content (AvgIpc) is 3.02. The summed E-state index contributed by atoms with van der Waals surface area (Å²) in [6.07, 6.45) is 10.7. The fraction of sp³-hybridized carbons (Fsp3) is 0.529. The Morgan fingerprint density at radius 2 is 1.49 bits per heavy atom. The van der Waals surface area contributed by atoms with Crippen molar-refractivity contribution < 1.29 is 13.2 Å². The second-order valence-corrected chi connectivity index (χ2v) is 12.1.